The summed E-state index contributed by atoms with van der Waals surface area (Å²) in [6.07, 6.45) is 5.40. The number of hydrogen-bond acceptors (Lipinski definition) is 3. The largest absolute Gasteiger partial charge is 0.480 e. The van der Waals surface area contributed by atoms with Gasteiger partial charge in [0.05, 0.1) is 12.5 Å². The van der Waals surface area contributed by atoms with E-state index in [0.29, 0.717) is 0 Å². The number of nitrogens with one attached hydrogen (secondary N) is 1. The topological polar surface area (TPSA) is 93.4 Å². The van der Waals surface area contributed by atoms with Gasteiger partial charge < -0.3 is 15.3 Å². The number of carboxylic acid groups (broad SMARTS) is 1. The zero-order chi connectivity index (χ0) is 14.3. The lowest BCUT2D eigenvalue weighted by Gasteiger charge is -2.30. The first kappa shape index (κ1) is 15.3. The molecule has 0 bridgehead atoms. The van der Waals surface area contributed by atoms with Gasteiger partial charge in [-0.2, -0.15) is 5.26 Å². The van der Waals surface area contributed by atoms with Crippen LogP contribution >= 0.6 is 0 Å². The van der Waals surface area contributed by atoms with Crippen LogP contribution in [0.15, 0.2) is 0 Å². The van der Waals surface area contributed by atoms with Crippen molar-refractivity contribution in [2.45, 2.75) is 57.5 Å². The van der Waals surface area contributed by atoms with Crippen molar-refractivity contribution < 1.29 is 14.7 Å². The second-order valence-corrected chi connectivity index (χ2v) is 4.90. The third kappa shape index (κ3) is 4.78. The van der Waals surface area contributed by atoms with Gasteiger partial charge in [-0.05, 0) is 19.8 Å². The lowest BCUT2D eigenvalue weighted by Crippen LogP contribution is -2.51. The molecule has 19 heavy (non-hydrogen) atoms. The highest BCUT2D eigenvalue weighted by Gasteiger charge is 2.27. The summed E-state index contributed by atoms with van der Waals surface area (Å²) in [5, 5.41) is 20.5. The Bertz CT molecular complexity index is 359. The quantitative estimate of drug-likeness (QED) is 0.793. The normalized spacial score (nSPS) is 17.3. The minimum Gasteiger partial charge on any atom is -0.480 e. The van der Waals surface area contributed by atoms with Crippen molar-refractivity contribution in [1.82, 2.24) is 10.2 Å². The molecule has 1 rings (SSSR count). The van der Waals surface area contributed by atoms with Crippen molar-refractivity contribution in [1.29, 1.82) is 5.26 Å². The summed E-state index contributed by atoms with van der Waals surface area (Å²) >= 11 is 0. The molecule has 2 N–H and O–H groups in total. The molecule has 0 aliphatic heterocycles. The van der Waals surface area contributed by atoms with Gasteiger partial charge in [-0.1, -0.05) is 19.3 Å². The van der Waals surface area contributed by atoms with E-state index in [0.717, 1.165) is 25.7 Å². The molecule has 6 heteroatoms. The molecule has 106 valence electrons. The van der Waals surface area contributed by atoms with E-state index < -0.39 is 12.0 Å². The Morgan fingerprint density at radius 3 is 2.58 bits per heavy atom. The zero-order valence-electron chi connectivity index (χ0n) is 11.3. The minimum atomic E-state index is -1.06. The Labute approximate surface area is 113 Å². The average molecular weight is 267 g/mol. The second-order valence-electron chi connectivity index (χ2n) is 4.90. The third-order valence-electron chi connectivity index (χ3n) is 3.48. The van der Waals surface area contributed by atoms with Crippen LogP contribution in [0.3, 0.4) is 0 Å². The number of rotatable bonds is 5. The minimum absolute atomic E-state index is 0.131. The summed E-state index contributed by atoms with van der Waals surface area (Å²) in [6, 6.07) is 0.770. The number of carbonyl (C=O) groups is 2. The van der Waals surface area contributed by atoms with Gasteiger partial charge in [-0.25, -0.2) is 9.59 Å². The van der Waals surface area contributed by atoms with Crippen molar-refractivity contribution >= 4 is 12.0 Å². The lowest BCUT2D eigenvalue weighted by atomic mass is 9.96. The number of aliphatic carboxylic acids is 1. The fourth-order valence-electron chi connectivity index (χ4n) is 2.28. The van der Waals surface area contributed by atoms with Gasteiger partial charge in [0.1, 0.15) is 6.04 Å². The molecule has 1 unspecified atom stereocenters. The van der Waals surface area contributed by atoms with Crippen LogP contribution in [0.1, 0.15) is 45.4 Å². The highest BCUT2D eigenvalue weighted by molar-refractivity contribution is 5.82. The Kier molecular flexibility index (Phi) is 6.13. The third-order valence-corrected chi connectivity index (χ3v) is 3.48. The van der Waals surface area contributed by atoms with E-state index in [1.165, 1.54) is 18.2 Å². The van der Waals surface area contributed by atoms with Gasteiger partial charge in [0.15, 0.2) is 0 Å². The molecule has 1 aliphatic rings. The molecule has 0 spiro atoms. The fraction of sp³-hybridized carbons (Fsp3) is 0.769. The van der Waals surface area contributed by atoms with Crippen LogP contribution in [-0.2, 0) is 4.79 Å². The van der Waals surface area contributed by atoms with Crippen molar-refractivity contribution in [3.8, 4) is 6.07 Å². The van der Waals surface area contributed by atoms with E-state index in [2.05, 4.69) is 5.32 Å². The molecular formula is C13H21N3O3. The van der Waals surface area contributed by atoms with Crippen LogP contribution in [0.2, 0.25) is 0 Å². The highest BCUT2D eigenvalue weighted by Crippen LogP contribution is 2.17. The van der Waals surface area contributed by atoms with E-state index in [1.807, 2.05) is 6.07 Å². The number of carboxylic acids is 1. The van der Waals surface area contributed by atoms with Gasteiger partial charge in [0.25, 0.3) is 0 Å². The molecule has 0 saturated heterocycles. The maximum Gasteiger partial charge on any atom is 0.326 e. The number of urea groups is 1. The summed E-state index contributed by atoms with van der Waals surface area (Å²) in [5.74, 6) is -1.06. The smallest absolute Gasteiger partial charge is 0.326 e. The average Bonchev–Trinajstić information content (AvgIpc) is 2.40. The van der Waals surface area contributed by atoms with Crippen LogP contribution in [0.5, 0.6) is 0 Å². The lowest BCUT2D eigenvalue weighted by molar-refractivity contribution is -0.141. The number of nitrogens with zero attached hydrogens (tertiary/aromatic N) is 2. The van der Waals surface area contributed by atoms with Gasteiger partial charge in [-0.3, -0.25) is 0 Å². The molecule has 0 aromatic carbocycles. The number of carbonyl (C=O) groups excluding carboxylic acids is 1. The molecule has 2 amide bonds. The monoisotopic (exact) mass is 267 g/mol. The first-order chi connectivity index (χ1) is 9.06. The number of amides is 2. The van der Waals surface area contributed by atoms with E-state index in [4.69, 9.17) is 10.4 Å². The first-order valence-electron chi connectivity index (χ1n) is 6.73. The van der Waals surface area contributed by atoms with Crippen molar-refractivity contribution in [2.24, 2.45) is 0 Å². The molecule has 0 aromatic rings. The maximum absolute atomic E-state index is 12.1. The molecule has 1 fully saturated rings. The first-order valence-corrected chi connectivity index (χ1v) is 6.73. The van der Waals surface area contributed by atoms with Gasteiger partial charge in [0, 0.05) is 12.6 Å². The molecule has 0 aromatic heterocycles. The SMILES string of the molecule is CC(C(=O)O)N(CCC#N)C(=O)NC1CCCCC1. The summed E-state index contributed by atoms with van der Waals surface area (Å²) < 4.78 is 0. The van der Waals surface area contributed by atoms with Crippen LogP contribution in [0.4, 0.5) is 4.79 Å². The van der Waals surface area contributed by atoms with Gasteiger partial charge >= 0.3 is 12.0 Å². The van der Waals surface area contributed by atoms with E-state index in [-0.39, 0.29) is 25.0 Å². The van der Waals surface area contributed by atoms with E-state index in [9.17, 15) is 9.59 Å². The van der Waals surface area contributed by atoms with Crippen molar-refractivity contribution in [3.05, 3.63) is 0 Å². The zero-order valence-corrected chi connectivity index (χ0v) is 11.3. The standard InChI is InChI=1S/C13H21N3O3/c1-10(12(17)18)16(9-5-8-14)13(19)15-11-6-3-2-4-7-11/h10-11H,2-7,9H2,1H3,(H,15,19)(H,17,18). The van der Waals surface area contributed by atoms with Crippen molar-refractivity contribution in [2.75, 3.05) is 6.54 Å². The maximum atomic E-state index is 12.1. The molecular weight excluding hydrogens is 246 g/mol. The van der Waals surface area contributed by atoms with Crippen molar-refractivity contribution in [3.63, 3.8) is 0 Å². The Hall–Kier alpha value is -1.77. The van der Waals surface area contributed by atoms with Crippen LogP contribution in [0.25, 0.3) is 0 Å². The Morgan fingerprint density at radius 2 is 2.05 bits per heavy atom. The van der Waals surface area contributed by atoms with Crippen LogP contribution in [-0.4, -0.2) is 40.6 Å². The van der Waals surface area contributed by atoms with E-state index in [1.54, 1.807) is 0 Å². The Balaban J connectivity index is 2.59. The predicted octanol–water partition coefficient (Wildman–Crippen LogP) is 1.72. The summed E-state index contributed by atoms with van der Waals surface area (Å²) in [7, 11) is 0. The number of nitriles is 1. The molecule has 6 nitrogen and oxygen atoms in total. The molecule has 0 heterocycles. The molecule has 1 saturated carbocycles. The predicted molar refractivity (Wildman–Crippen MR) is 69.4 cm³/mol. The van der Waals surface area contributed by atoms with Gasteiger partial charge in [0.2, 0.25) is 0 Å². The number of hydrogen-bond donors (Lipinski definition) is 2. The summed E-state index contributed by atoms with van der Waals surface area (Å²) in [6.45, 7) is 1.60. The highest BCUT2D eigenvalue weighted by atomic mass is 16.4. The molecule has 1 aliphatic carbocycles. The van der Waals surface area contributed by atoms with Crippen LogP contribution in [0, 0.1) is 11.3 Å². The fourth-order valence-corrected chi connectivity index (χ4v) is 2.28. The molecule has 0 radical (unpaired) electrons. The molecule has 1 atom stereocenters. The second kappa shape index (κ2) is 7.62. The van der Waals surface area contributed by atoms with Gasteiger partial charge in [-0.15, -0.1) is 0 Å². The summed E-state index contributed by atoms with van der Waals surface area (Å²) in [5.41, 5.74) is 0. The van der Waals surface area contributed by atoms with Crippen LogP contribution < -0.4 is 5.32 Å². The Morgan fingerprint density at radius 1 is 1.42 bits per heavy atom. The van der Waals surface area contributed by atoms with E-state index >= 15 is 0 Å². The summed E-state index contributed by atoms with van der Waals surface area (Å²) in [4.78, 5) is 24.3.